The van der Waals surface area contributed by atoms with Gasteiger partial charge in [-0.25, -0.2) is 9.97 Å². The minimum absolute atomic E-state index is 0.0778. The molecule has 0 unspecified atom stereocenters. The molecule has 0 saturated carbocycles. The maximum Gasteiger partial charge on any atom is 0.231 e. The van der Waals surface area contributed by atoms with Crippen LogP contribution in [0.2, 0.25) is 0 Å². The number of carbonyl (C=O) groups excluding carboxylic acids is 2. The number of anilines is 2. The topological polar surface area (TPSA) is 93.2 Å². The minimum Gasteiger partial charge on any atom is -0.439 e. The van der Waals surface area contributed by atoms with E-state index in [9.17, 15) is 9.59 Å². The van der Waals surface area contributed by atoms with Crippen LogP contribution in [0, 0.1) is 5.92 Å². The van der Waals surface area contributed by atoms with Gasteiger partial charge in [-0.1, -0.05) is 38.1 Å². The zero-order valence-electron chi connectivity index (χ0n) is 18.8. The molecular weight excluding hydrogens is 404 g/mol. The third-order valence-corrected chi connectivity index (χ3v) is 4.81. The molecule has 2 aromatic carbocycles. The first kappa shape index (κ1) is 22.9. The normalized spacial score (nSPS) is 11.7. The molecule has 0 spiro atoms. The summed E-state index contributed by atoms with van der Waals surface area (Å²) >= 11 is 0. The first-order valence-corrected chi connectivity index (χ1v) is 10.6. The van der Waals surface area contributed by atoms with Crippen LogP contribution in [0.15, 0.2) is 60.9 Å². The van der Waals surface area contributed by atoms with Crippen molar-refractivity contribution < 1.29 is 14.3 Å². The molecule has 3 rings (SSSR count). The van der Waals surface area contributed by atoms with E-state index < -0.39 is 0 Å². The Bertz CT molecular complexity index is 1060. The average Bonchev–Trinajstić information content (AvgIpc) is 2.74. The molecule has 0 radical (unpaired) electrons. The van der Waals surface area contributed by atoms with Crippen LogP contribution in [0.3, 0.4) is 0 Å². The summed E-state index contributed by atoms with van der Waals surface area (Å²) in [6, 6.07) is 16.8. The van der Waals surface area contributed by atoms with E-state index in [1.54, 1.807) is 24.3 Å². The van der Waals surface area contributed by atoms with Crippen molar-refractivity contribution in [2.75, 3.05) is 10.6 Å². The standard InChI is InChI=1S/C25H28N4O3/c1-16(2)13-19-5-7-20(8-6-19)17(3)25(31)29-21-9-11-22(12-10-21)32-24-14-23(26-15-27-24)28-18(4)30/h5-12,14-17H,13H2,1-4H3,(H,29,31)(H,26,27,28,30)/t17-/m0/s1. The van der Waals surface area contributed by atoms with Gasteiger partial charge >= 0.3 is 0 Å². The van der Waals surface area contributed by atoms with Gasteiger partial charge in [0.1, 0.15) is 17.9 Å². The maximum atomic E-state index is 12.7. The Kier molecular flexibility index (Phi) is 7.54. The van der Waals surface area contributed by atoms with Crippen molar-refractivity contribution in [1.82, 2.24) is 9.97 Å². The molecule has 7 heteroatoms. The molecule has 0 fully saturated rings. The van der Waals surface area contributed by atoms with Crippen molar-refractivity contribution >= 4 is 23.3 Å². The van der Waals surface area contributed by atoms with Gasteiger partial charge in [0.25, 0.3) is 0 Å². The molecule has 1 heterocycles. The molecule has 3 aromatic rings. The minimum atomic E-state index is -0.271. The second kappa shape index (κ2) is 10.5. The van der Waals surface area contributed by atoms with Crippen LogP contribution in [0.25, 0.3) is 0 Å². The Morgan fingerprint density at radius 3 is 2.25 bits per heavy atom. The van der Waals surface area contributed by atoms with E-state index in [-0.39, 0.29) is 17.7 Å². The predicted molar refractivity (Wildman–Crippen MR) is 125 cm³/mol. The Morgan fingerprint density at radius 1 is 0.938 bits per heavy atom. The first-order valence-electron chi connectivity index (χ1n) is 10.6. The van der Waals surface area contributed by atoms with Crippen molar-refractivity contribution in [2.24, 2.45) is 5.92 Å². The molecular formula is C25H28N4O3. The van der Waals surface area contributed by atoms with Crippen molar-refractivity contribution in [3.05, 3.63) is 72.1 Å². The van der Waals surface area contributed by atoms with E-state index in [0.717, 1.165) is 12.0 Å². The number of carbonyl (C=O) groups is 2. The van der Waals surface area contributed by atoms with E-state index in [1.807, 2.05) is 19.1 Å². The summed E-state index contributed by atoms with van der Waals surface area (Å²) < 4.78 is 5.70. The zero-order valence-corrected chi connectivity index (χ0v) is 18.8. The van der Waals surface area contributed by atoms with Crippen molar-refractivity contribution in [3.63, 3.8) is 0 Å². The Balaban J connectivity index is 1.59. The summed E-state index contributed by atoms with van der Waals surface area (Å²) in [4.78, 5) is 31.8. The van der Waals surface area contributed by atoms with Crippen LogP contribution >= 0.6 is 0 Å². The number of nitrogens with one attached hydrogen (secondary N) is 2. The lowest BCUT2D eigenvalue weighted by molar-refractivity contribution is -0.117. The largest absolute Gasteiger partial charge is 0.439 e. The second-order valence-corrected chi connectivity index (χ2v) is 8.10. The van der Waals surface area contributed by atoms with Crippen LogP contribution < -0.4 is 15.4 Å². The molecule has 1 aromatic heterocycles. The maximum absolute atomic E-state index is 12.7. The fourth-order valence-electron chi connectivity index (χ4n) is 3.19. The number of hydrogen-bond donors (Lipinski definition) is 2. The Labute approximate surface area is 188 Å². The highest BCUT2D eigenvalue weighted by atomic mass is 16.5. The SMILES string of the molecule is CC(=O)Nc1cc(Oc2ccc(NC(=O)[C@@H](C)c3ccc(CC(C)C)cc3)cc2)ncn1. The van der Waals surface area contributed by atoms with Gasteiger partial charge in [0.05, 0.1) is 5.92 Å². The fourth-order valence-corrected chi connectivity index (χ4v) is 3.19. The van der Waals surface area contributed by atoms with Crippen LogP contribution in [0.5, 0.6) is 11.6 Å². The van der Waals surface area contributed by atoms with Gasteiger partial charge in [-0.2, -0.15) is 0 Å². The van der Waals surface area contributed by atoms with E-state index in [2.05, 4.69) is 46.6 Å². The predicted octanol–water partition coefficient (Wildman–Crippen LogP) is 5.17. The fraction of sp³-hybridized carbons (Fsp3) is 0.280. The number of hydrogen-bond acceptors (Lipinski definition) is 5. The molecule has 0 bridgehead atoms. The van der Waals surface area contributed by atoms with Crippen molar-refractivity contribution in [2.45, 2.75) is 40.0 Å². The number of ether oxygens (including phenoxy) is 1. The lowest BCUT2D eigenvalue weighted by Gasteiger charge is -2.14. The monoisotopic (exact) mass is 432 g/mol. The van der Waals surface area contributed by atoms with Gasteiger partial charge in [-0.3, -0.25) is 9.59 Å². The number of nitrogens with zero attached hydrogens (tertiary/aromatic N) is 2. The molecule has 166 valence electrons. The third-order valence-electron chi connectivity index (χ3n) is 4.81. The van der Waals surface area contributed by atoms with E-state index >= 15 is 0 Å². The highest BCUT2D eigenvalue weighted by Crippen LogP contribution is 2.24. The van der Waals surface area contributed by atoms with Crippen LogP contribution in [0.4, 0.5) is 11.5 Å². The van der Waals surface area contributed by atoms with Crippen LogP contribution in [-0.4, -0.2) is 21.8 Å². The van der Waals surface area contributed by atoms with Gasteiger partial charge in [0, 0.05) is 18.7 Å². The molecule has 0 aliphatic carbocycles. The smallest absolute Gasteiger partial charge is 0.231 e. The van der Waals surface area contributed by atoms with Gasteiger partial charge in [-0.15, -0.1) is 0 Å². The van der Waals surface area contributed by atoms with E-state index in [1.165, 1.54) is 24.9 Å². The van der Waals surface area contributed by atoms with E-state index in [4.69, 9.17) is 4.74 Å². The molecule has 2 amide bonds. The van der Waals surface area contributed by atoms with Crippen LogP contribution in [0.1, 0.15) is 44.7 Å². The second-order valence-electron chi connectivity index (χ2n) is 8.10. The molecule has 0 aliphatic heterocycles. The lowest BCUT2D eigenvalue weighted by Crippen LogP contribution is -2.18. The van der Waals surface area contributed by atoms with E-state index in [0.29, 0.717) is 29.1 Å². The van der Waals surface area contributed by atoms with Crippen molar-refractivity contribution in [1.29, 1.82) is 0 Å². The number of benzene rings is 2. The summed E-state index contributed by atoms with van der Waals surface area (Å²) in [7, 11) is 0. The molecule has 0 aliphatic rings. The number of rotatable bonds is 8. The van der Waals surface area contributed by atoms with Crippen molar-refractivity contribution in [3.8, 4) is 11.6 Å². The van der Waals surface area contributed by atoms with Gasteiger partial charge in [-0.05, 0) is 54.7 Å². The Morgan fingerprint density at radius 2 is 1.62 bits per heavy atom. The number of amides is 2. The molecule has 1 atom stereocenters. The number of aromatic nitrogens is 2. The molecule has 0 saturated heterocycles. The molecule has 32 heavy (non-hydrogen) atoms. The third kappa shape index (κ3) is 6.63. The molecule has 2 N–H and O–H groups in total. The highest BCUT2D eigenvalue weighted by molar-refractivity contribution is 5.95. The summed E-state index contributed by atoms with van der Waals surface area (Å²) in [5, 5.41) is 5.52. The average molecular weight is 433 g/mol. The van der Waals surface area contributed by atoms with Gasteiger partial charge < -0.3 is 15.4 Å². The quantitative estimate of drug-likeness (QED) is 0.512. The summed E-state index contributed by atoms with van der Waals surface area (Å²) in [5.41, 5.74) is 2.93. The molecule has 7 nitrogen and oxygen atoms in total. The Hall–Kier alpha value is -3.74. The van der Waals surface area contributed by atoms with Gasteiger partial charge in [0.15, 0.2) is 0 Å². The lowest BCUT2D eigenvalue weighted by atomic mass is 9.96. The summed E-state index contributed by atoms with van der Waals surface area (Å²) in [6.45, 7) is 7.68. The van der Waals surface area contributed by atoms with Gasteiger partial charge in [0.2, 0.25) is 17.7 Å². The summed E-state index contributed by atoms with van der Waals surface area (Å²) in [6.07, 6.45) is 2.34. The highest BCUT2D eigenvalue weighted by Gasteiger charge is 2.15. The summed E-state index contributed by atoms with van der Waals surface area (Å²) in [5.74, 6) is 1.23. The van der Waals surface area contributed by atoms with Crippen LogP contribution in [-0.2, 0) is 16.0 Å². The first-order chi connectivity index (χ1) is 15.3. The zero-order chi connectivity index (χ0) is 23.1.